The second-order valence-electron chi connectivity index (χ2n) is 13.2. The first-order valence-electron chi connectivity index (χ1n) is 15.0. The van der Waals surface area contributed by atoms with E-state index in [0.29, 0.717) is 38.1 Å². The van der Waals surface area contributed by atoms with Gasteiger partial charge in [-0.15, -0.1) is 0 Å². The molecule has 1 aliphatic heterocycles. The van der Waals surface area contributed by atoms with E-state index in [1.54, 1.807) is 0 Å². The van der Waals surface area contributed by atoms with Gasteiger partial charge in [-0.2, -0.15) is 19.6 Å². The Hall–Kier alpha value is -0.930. The van der Waals surface area contributed by atoms with Crippen molar-refractivity contribution in [1.82, 2.24) is 5.32 Å². The van der Waals surface area contributed by atoms with Crippen molar-refractivity contribution >= 4 is 6.09 Å². The van der Waals surface area contributed by atoms with Crippen LogP contribution in [0.4, 0.5) is 4.79 Å². The third kappa shape index (κ3) is 9.06. The normalized spacial score (nSPS) is 31.0. The highest BCUT2D eigenvalue weighted by molar-refractivity contribution is 5.67. The molecule has 216 valence electrons. The summed E-state index contributed by atoms with van der Waals surface area (Å²) in [6.07, 6.45) is 11.5. The summed E-state index contributed by atoms with van der Waals surface area (Å²) in [6, 6.07) is 0. The van der Waals surface area contributed by atoms with Crippen LogP contribution in [0.3, 0.4) is 0 Å². The van der Waals surface area contributed by atoms with Gasteiger partial charge in [-0.3, -0.25) is 0 Å². The third-order valence-electron chi connectivity index (χ3n) is 8.88. The SMILES string of the molecule is CCCC[N+](C)(CCCC)CCCNC(=O)OC1CCC2(CC1)OOC1(CCC(C(C)(C)C)CC1)OO2. The van der Waals surface area contributed by atoms with Crippen molar-refractivity contribution in [2.45, 2.75) is 136 Å². The lowest BCUT2D eigenvalue weighted by Gasteiger charge is -2.48. The summed E-state index contributed by atoms with van der Waals surface area (Å²) in [5.41, 5.74) is 0.285. The van der Waals surface area contributed by atoms with Crippen LogP contribution < -0.4 is 5.32 Å². The first kappa shape index (κ1) is 30.6. The molecule has 3 fully saturated rings. The predicted molar refractivity (Wildman–Crippen MR) is 143 cm³/mol. The predicted octanol–water partition coefficient (Wildman–Crippen LogP) is 6.63. The summed E-state index contributed by atoms with van der Waals surface area (Å²) in [5.74, 6) is -1.05. The van der Waals surface area contributed by atoms with Crippen LogP contribution in [-0.4, -0.2) is 61.5 Å². The average molecular weight is 528 g/mol. The van der Waals surface area contributed by atoms with Crippen LogP contribution in [0.5, 0.6) is 0 Å². The Balaban J connectivity index is 1.32. The molecule has 8 nitrogen and oxygen atoms in total. The molecule has 1 saturated heterocycles. The van der Waals surface area contributed by atoms with E-state index in [0.717, 1.165) is 43.1 Å². The minimum Gasteiger partial charge on any atom is -0.446 e. The Labute approximate surface area is 225 Å². The lowest BCUT2D eigenvalue weighted by molar-refractivity contribution is -0.910. The Morgan fingerprint density at radius 1 is 0.838 bits per heavy atom. The molecule has 2 spiro atoms. The molecule has 1 amide bonds. The topological polar surface area (TPSA) is 75.3 Å². The maximum Gasteiger partial charge on any atom is 0.407 e. The molecule has 2 aliphatic carbocycles. The molecule has 0 unspecified atom stereocenters. The van der Waals surface area contributed by atoms with Gasteiger partial charge in [0.05, 0.1) is 26.7 Å². The zero-order valence-electron chi connectivity index (χ0n) is 24.6. The van der Waals surface area contributed by atoms with Crippen molar-refractivity contribution in [2.75, 3.05) is 33.2 Å². The van der Waals surface area contributed by atoms with Gasteiger partial charge < -0.3 is 14.5 Å². The lowest BCUT2D eigenvalue weighted by Crippen LogP contribution is -2.54. The largest absolute Gasteiger partial charge is 0.446 e. The number of quaternary nitrogens is 1. The van der Waals surface area contributed by atoms with Crippen molar-refractivity contribution in [3.05, 3.63) is 0 Å². The zero-order valence-corrected chi connectivity index (χ0v) is 24.6. The zero-order chi connectivity index (χ0) is 27.0. The maximum absolute atomic E-state index is 12.4. The third-order valence-corrected chi connectivity index (χ3v) is 8.88. The number of alkyl carbamates (subject to hydrolysis) is 1. The molecule has 0 bridgehead atoms. The highest BCUT2D eigenvalue weighted by atomic mass is 17.4. The van der Waals surface area contributed by atoms with Gasteiger partial charge in [-0.05, 0) is 49.9 Å². The lowest BCUT2D eigenvalue weighted by atomic mass is 9.71. The fourth-order valence-corrected chi connectivity index (χ4v) is 6.00. The molecule has 0 aromatic rings. The molecule has 0 aromatic carbocycles. The van der Waals surface area contributed by atoms with Gasteiger partial charge in [-0.25, -0.2) is 4.79 Å². The number of rotatable bonds is 11. The van der Waals surface area contributed by atoms with Crippen LogP contribution in [0.15, 0.2) is 0 Å². The van der Waals surface area contributed by atoms with E-state index in [9.17, 15) is 4.79 Å². The molecular formula is C29H55N2O6+. The maximum atomic E-state index is 12.4. The second-order valence-corrected chi connectivity index (χ2v) is 13.2. The number of carbonyl (C=O) groups is 1. The summed E-state index contributed by atoms with van der Waals surface area (Å²) < 4.78 is 6.78. The number of nitrogens with one attached hydrogen (secondary N) is 1. The van der Waals surface area contributed by atoms with E-state index in [1.807, 2.05) is 0 Å². The highest BCUT2D eigenvalue weighted by Crippen LogP contribution is 2.48. The van der Waals surface area contributed by atoms with Crippen LogP contribution in [-0.2, 0) is 24.3 Å². The van der Waals surface area contributed by atoms with Crippen LogP contribution in [0.25, 0.3) is 0 Å². The molecule has 0 atom stereocenters. The van der Waals surface area contributed by atoms with Gasteiger partial charge >= 0.3 is 6.09 Å². The van der Waals surface area contributed by atoms with Gasteiger partial charge in [-0.1, -0.05) is 47.5 Å². The summed E-state index contributed by atoms with van der Waals surface area (Å²) in [5, 5.41) is 2.96. The van der Waals surface area contributed by atoms with E-state index in [2.05, 4.69) is 47.0 Å². The van der Waals surface area contributed by atoms with Crippen molar-refractivity contribution in [1.29, 1.82) is 0 Å². The fraction of sp³-hybridized carbons (Fsp3) is 0.966. The molecule has 8 heteroatoms. The number of unbranched alkanes of at least 4 members (excludes halogenated alkanes) is 2. The van der Waals surface area contributed by atoms with E-state index in [-0.39, 0.29) is 17.6 Å². The fourth-order valence-electron chi connectivity index (χ4n) is 6.00. The van der Waals surface area contributed by atoms with Gasteiger partial charge in [0.25, 0.3) is 0 Å². The molecule has 37 heavy (non-hydrogen) atoms. The van der Waals surface area contributed by atoms with E-state index >= 15 is 0 Å². The van der Waals surface area contributed by atoms with Gasteiger partial charge in [0.15, 0.2) is 0 Å². The minimum atomic E-state index is -0.901. The number of ether oxygens (including phenoxy) is 1. The number of amides is 1. The Kier molecular flexibility index (Phi) is 11.1. The molecule has 2 saturated carbocycles. The number of nitrogens with zero attached hydrogens (tertiary/aromatic N) is 1. The monoisotopic (exact) mass is 527 g/mol. The summed E-state index contributed by atoms with van der Waals surface area (Å²) in [4.78, 5) is 35.8. The van der Waals surface area contributed by atoms with E-state index < -0.39 is 11.6 Å². The highest BCUT2D eigenvalue weighted by Gasteiger charge is 2.52. The molecule has 1 N–H and O–H groups in total. The van der Waals surface area contributed by atoms with Crippen LogP contribution in [0.1, 0.15) is 118 Å². The van der Waals surface area contributed by atoms with Gasteiger partial charge in [0.2, 0.25) is 11.6 Å². The average Bonchev–Trinajstić information content (AvgIpc) is 2.88. The molecule has 0 aromatic heterocycles. The Morgan fingerprint density at radius 3 is 1.76 bits per heavy atom. The van der Waals surface area contributed by atoms with Crippen molar-refractivity contribution in [3.8, 4) is 0 Å². The van der Waals surface area contributed by atoms with Crippen molar-refractivity contribution < 1.29 is 33.6 Å². The number of hydrogen-bond donors (Lipinski definition) is 1. The molecular weight excluding hydrogens is 472 g/mol. The molecule has 0 radical (unpaired) electrons. The van der Waals surface area contributed by atoms with Gasteiger partial charge in [0.1, 0.15) is 6.10 Å². The van der Waals surface area contributed by atoms with Crippen LogP contribution in [0, 0.1) is 11.3 Å². The van der Waals surface area contributed by atoms with Crippen LogP contribution in [0.2, 0.25) is 0 Å². The van der Waals surface area contributed by atoms with Crippen molar-refractivity contribution in [3.63, 3.8) is 0 Å². The summed E-state index contributed by atoms with van der Waals surface area (Å²) in [6.45, 7) is 15.5. The quantitative estimate of drug-likeness (QED) is 0.185. The molecule has 3 rings (SSSR count). The number of carbonyl (C=O) groups excluding carboxylic acids is 1. The van der Waals surface area contributed by atoms with Crippen molar-refractivity contribution in [2.24, 2.45) is 11.3 Å². The smallest absolute Gasteiger partial charge is 0.407 e. The molecule has 3 aliphatic rings. The van der Waals surface area contributed by atoms with Crippen LogP contribution >= 0.6 is 0 Å². The molecule has 1 heterocycles. The first-order chi connectivity index (χ1) is 17.5. The number of hydrogen-bond acceptors (Lipinski definition) is 6. The summed E-state index contributed by atoms with van der Waals surface area (Å²) >= 11 is 0. The Morgan fingerprint density at radius 2 is 1.30 bits per heavy atom. The Bertz CT molecular complexity index is 673. The second kappa shape index (κ2) is 13.4. The van der Waals surface area contributed by atoms with E-state index in [1.165, 1.54) is 38.8 Å². The standard InChI is InChI=1S/C29H54N2O6/c1-7-9-21-31(6,22-10-8-2)23-11-20-30-26(32)33-25-14-18-29(19-15-25)36-34-28(35-37-29)16-12-24(13-17-28)27(3,4)5/h24-25H,7-23H2,1-6H3/p+1. The van der Waals surface area contributed by atoms with Gasteiger partial charge in [0, 0.05) is 38.6 Å². The first-order valence-corrected chi connectivity index (χ1v) is 15.0. The van der Waals surface area contributed by atoms with E-state index in [4.69, 9.17) is 24.3 Å². The summed E-state index contributed by atoms with van der Waals surface area (Å²) in [7, 11) is 2.35. The minimum absolute atomic E-state index is 0.147.